The van der Waals surface area contributed by atoms with Crippen LogP contribution in [-0.4, -0.2) is 69.1 Å². The van der Waals surface area contributed by atoms with Gasteiger partial charge in [-0.2, -0.15) is 0 Å². The first-order valence-electron chi connectivity index (χ1n) is 10.2. The van der Waals surface area contributed by atoms with Gasteiger partial charge < -0.3 is 19.3 Å². The number of morpholine rings is 1. The van der Waals surface area contributed by atoms with E-state index in [1.54, 1.807) is 0 Å². The Balaban J connectivity index is 1.72. The minimum absolute atomic E-state index is 0.223. The number of fused-ring (bicyclic) bond motifs is 2. The summed E-state index contributed by atoms with van der Waals surface area (Å²) in [5.41, 5.74) is 3.49. The number of hydrogen-bond donors (Lipinski definition) is 0. The van der Waals surface area contributed by atoms with E-state index < -0.39 is 0 Å². The minimum Gasteiger partial charge on any atom is -0.379 e. The number of aldehydes is 1. The van der Waals surface area contributed by atoms with Crippen molar-refractivity contribution in [2.75, 3.05) is 51.8 Å². The van der Waals surface area contributed by atoms with E-state index >= 15 is 0 Å². The monoisotopic (exact) mass is 411 g/mol. The Morgan fingerprint density at radius 2 is 1.83 bits per heavy atom. The number of nitrogens with zero attached hydrogens (tertiary/aromatic N) is 3. The molecule has 2 aliphatic heterocycles. The largest absolute Gasteiger partial charge is 0.379 e. The third kappa shape index (κ3) is 4.21. The predicted molar refractivity (Wildman–Crippen MR) is 118 cm³/mol. The van der Waals surface area contributed by atoms with Gasteiger partial charge in [-0.25, -0.2) is 0 Å². The van der Waals surface area contributed by atoms with Gasteiger partial charge in [0.2, 0.25) is 0 Å². The SMILES string of the molecule is CC(CN1c2ccccc2Sc2ccc(C(C=O)N3CCOCC3)cc21)N(C)C. The lowest BCUT2D eigenvalue weighted by Gasteiger charge is -2.37. The third-order valence-corrected chi connectivity index (χ3v) is 7.02. The van der Waals surface area contributed by atoms with Crippen molar-refractivity contribution in [2.24, 2.45) is 0 Å². The molecule has 2 aromatic rings. The Labute approximate surface area is 177 Å². The highest BCUT2D eigenvalue weighted by molar-refractivity contribution is 7.99. The third-order valence-electron chi connectivity index (χ3n) is 5.89. The molecule has 1 saturated heterocycles. The first kappa shape index (κ1) is 20.4. The fourth-order valence-corrected chi connectivity index (χ4v) is 4.96. The molecule has 0 N–H and O–H groups in total. The number of likely N-dealkylation sites (N-methyl/N-ethyl adjacent to an activating group) is 1. The molecule has 1 fully saturated rings. The maximum Gasteiger partial charge on any atom is 0.141 e. The second kappa shape index (κ2) is 8.88. The van der Waals surface area contributed by atoms with Crippen molar-refractivity contribution in [3.8, 4) is 0 Å². The van der Waals surface area contributed by atoms with Crippen molar-refractivity contribution in [3.05, 3.63) is 48.0 Å². The second-order valence-corrected chi connectivity index (χ2v) is 9.03. The number of carbonyl (C=O) groups is 1. The lowest BCUT2D eigenvalue weighted by molar-refractivity contribution is -0.114. The van der Waals surface area contributed by atoms with Crippen LogP contribution in [-0.2, 0) is 9.53 Å². The number of ether oxygens (including phenoxy) is 1. The van der Waals surface area contributed by atoms with Crippen LogP contribution in [0.15, 0.2) is 52.3 Å². The van der Waals surface area contributed by atoms with Crippen LogP contribution in [0.25, 0.3) is 0 Å². The molecule has 0 bridgehead atoms. The Bertz CT molecular complexity index is 867. The zero-order chi connectivity index (χ0) is 20.4. The van der Waals surface area contributed by atoms with Crippen LogP contribution in [0.5, 0.6) is 0 Å². The second-order valence-electron chi connectivity index (χ2n) is 7.95. The van der Waals surface area contributed by atoms with Gasteiger partial charge in [0.05, 0.1) is 30.6 Å². The van der Waals surface area contributed by atoms with Gasteiger partial charge in [0.1, 0.15) is 6.29 Å². The van der Waals surface area contributed by atoms with Gasteiger partial charge in [0.25, 0.3) is 0 Å². The molecule has 2 unspecified atom stereocenters. The van der Waals surface area contributed by atoms with Crippen LogP contribution < -0.4 is 4.90 Å². The van der Waals surface area contributed by atoms with E-state index in [9.17, 15) is 4.79 Å². The van der Waals surface area contributed by atoms with Crippen molar-refractivity contribution in [3.63, 3.8) is 0 Å². The van der Waals surface area contributed by atoms with E-state index in [2.05, 4.69) is 78.2 Å². The minimum atomic E-state index is -0.223. The van der Waals surface area contributed by atoms with Gasteiger partial charge in [0, 0.05) is 35.5 Å². The van der Waals surface area contributed by atoms with Crippen molar-refractivity contribution in [2.45, 2.75) is 28.8 Å². The lowest BCUT2D eigenvalue weighted by Crippen LogP contribution is -2.40. The summed E-state index contributed by atoms with van der Waals surface area (Å²) in [6, 6.07) is 15.3. The van der Waals surface area contributed by atoms with Crippen LogP contribution >= 0.6 is 11.8 Å². The van der Waals surface area contributed by atoms with E-state index in [1.807, 2.05) is 11.8 Å². The lowest BCUT2D eigenvalue weighted by atomic mass is 10.0. The molecule has 0 aromatic heterocycles. The highest BCUT2D eigenvalue weighted by Gasteiger charge is 2.28. The molecule has 5 nitrogen and oxygen atoms in total. The van der Waals surface area contributed by atoms with Crippen molar-refractivity contribution >= 4 is 29.4 Å². The number of rotatable bonds is 6. The number of para-hydroxylation sites is 1. The van der Waals surface area contributed by atoms with Crippen LogP contribution in [0.4, 0.5) is 11.4 Å². The van der Waals surface area contributed by atoms with Crippen molar-refractivity contribution in [1.29, 1.82) is 0 Å². The van der Waals surface area contributed by atoms with Gasteiger partial charge in [0.15, 0.2) is 0 Å². The number of carbonyl (C=O) groups excluding carboxylic acids is 1. The first-order chi connectivity index (χ1) is 14.1. The summed E-state index contributed by atoms with van der Waals surface area (Å²) in [7, 11) is 4.24. The molecule has 2 heterocycles. The Hall–Kier alpha value is -1.86. The summed E-state index contributed by atoms with van der Waals surface area (Å²) in [6.07, 6.45) is 1.07. The van der Waals surface area contributed by atoms with E-state index in [-0.39, 0.29) is 6.04 Å². The molecule has 4 rings (SSSR count). The summed E-state index contributed by atoms with van der Waals surface area (Å²) in [5.74, 6) is 0. The van der Waals surface area contributed by atoms with Crippen LogP contribution in [0.2, 0.25) is 0 Å². The van der Waals surface area contributed by atoms with Crippen LogP contribution in [0, 0.1) is 0 Å². The van der Waals surface area contributed by atoms with E-state index in [4.69, 9.17) is 4.74 Å². The Morgan fingerprint density at radius 1 is 1.10 bits per heavy atom. The van der Waals surface area contributed by atoms with E-state index in [0.29, 0.717) is 19.3 Å². The number of hydrogen-bond acceptors (Lipinski definition) is 6. The maximum atomic E-state index is 12.0. The Morgan fingerprint density at radius 3 is 2.55 bits per heavy atom. The quantitative estimate of drug-likeness (QED) is 0.673. The molecule has 2 atom stereocenters. The van der Waals surface area contributed by atoms with Gasteiger partial charge >= 0.3 is 0 Å². The van der Waals surface area contributed by atoms with Gasteiger partial charge in [-0.15, -0.1) is 0 Å². The van der Waals surface area contributed by atoms with Crippen LogP contribution in [0.3, 0.4) is 0 Å². The molecule has 6 heteroatoms. The molecule has 0 aliphatic carbocycles. The molecule has 29 heavy (non-hydrogen) atoms. The normalized spacial score (nSPS) is 18.8. The first-order valence-corrected chi connectivity index (χ1v) is 11.0. The molecule has 0 amide bonds. The molecule has 0 radical (unpaired) electrons. The standard InChI is InChI=1S/C23H29N3O2S/c1-17(24(2)3)15-26-19-6-4-5-7-22(19)29-23-9-8-18(14-20(23)26)21(16-27)25-10-12-28-13-11-25/h4-9,14,16-17,21H,10-13,15H2,1-3H3. The summed E-state index contributed by atoms with van der Waals surface area (Å²) < 4.78 is 5.47. The molecular formula is C23H29N3O2S. The zero-order valence-corrected chi connectivity index (χ0v) is 18.2. The molecular weight excluding hydrogens is 382 g/mol. The predicted octanol–water partition coefficient (Wildman–Crippen LogP) is 3.81. The Kier molecular flexibility index (Phi) is 6.25. The summed E-state index contributed by atoms with van der Waals surface area (Å²) in [4.78, 5) is 21.4. The van der Waals surface area contributed by atoms with Crippen molar-refractivity contribution < 1.29 is 9.53 Å². The maximum absolute atomic E-state index is 12.0. The molecule has 154 valence electrons. The highest BCUT2D eigenvalue weighted by atomic mass is 32.2. The van der Waals surface area contributed by atoms with E-state index in [0.717, 1.165) is 31.5 Å². The summed E-state index contributed by atoms with van der Waals surface area (Å²) >= 11 is 1.81. The zero-order valence-electron chi connectivity index (χ0n) is 17.4. The van der Waals surface area contributed by atoms with Gasteiger partial charge in [-0.3, -0.25) is 4.90 Å². The molecule has 2 aliphatic rings. The number of benzene rings is 2. The smallest absolute Gasteiger partial charge is 0.141 e. The average molecular weight is 412 g/mol. The molecule has 2 aromatic carbocycles. The molecule has 0 spiro atoms. The number of anilines is 2. The molecule has 0 saturated carbocycles. The van der Waals surface area contributed by atoms with Gasteiger partial charge in [-0.1, -0.05) is 30.0 Å². The van der Waals surface area contributed by atoms with Gasteiger partial charge in [-0.05, 0) is 50.8 Å². The van der Waals surface area contributed by atoms with E-state index in [1.165, 1.54) is 21.2 Å². The highest BCUT2D eigenvalue weighted by Crippen LogP contribution is 2.48. The summed E-state index contributed by atoms with van der Waals surface area (Å²) in [6.45, 7) is 6.09. The van der Waals surface area contributed by atoms with Crippen molar-refractivity contribution in [1.82, 2.24) is 9.80 Å². The average Bonchev–Trinajstić information content (AvgIpc) is 2.75. The van der Waals surface area contributed by atoms with Crippen LogP contribution in [0.1, 0.15) is 18.5 Å². The summed E-state index contributed by atoms with van der Waals surface area (Å²) in [5, 5.41) is 0. The fourth-order valence-electron chi connectivity index (χ4n) is 3.89. The fraction of sp³-hybridized carbons (Fsp3) is 0.435. The topological polar surface area (TPSA) is 36.0 Å².